The molecule has 4 atom stereocenters. The van der Waals surface area contributed by atoms with Gasteiger partial charge in [0.15, 0.2) is 0 Å². The Morgan fingerprint density at radius 1 is 1.08 bits per heavy atom. The zero-order chi connectivity index (χ0) is 28.2. The van der Waals surface area contributed by atoms with E-state index in [9.17, 15) is 34.7 Å². The number of carboxylic acid groups (broad SMARTS) is 1. The Morgan fingerprint density at radius 3 is 2.31 bits per heavy atom. The second-order valence-electron chi connectivity index (χ2n) is 9.88. The molecule has 0 saturated carbocycles. The van der Waals surface area contributed by atoms with E-state index >= 15 is 0 Å². The van der Waals surface area contributed by atoms with E-state index in [4.69, 9.17) is 23.2 Å². The second-order valence-corrected chi connectivity index (χ2v) is 10.8. The first-order valence-corrected chi connectivity index (χ1v) is 12.8. The monoisotopic (exact) mass is 571 g/mol. The number of likely N-dealkylation sites (tertiary alicyclic amines) is 2. The van der Waals surface area contributed by atoms with Gasteiger partial charge >= 0.3 is 18.0 Å². The van der Waals surface area contributed by atoms with E-state index in [0.29, 0.717) is 11.1 Å². The van der Waals surface area contributed by atoms with Crippen LogP contribution in [0.4, 0.5) is 15.3 Å². The fourth-order valence-electron chi connectivity index (χ4n) is 5.79. The molecule has 3 aliphatic heterocycles. The molecule has 2 aromatic carbocycles. The molecule has 1 spiro atoms. The largest absolute Gasteiger partial charge is 0.480 e. The Hall–Kier alpha value is -3.85. The number of urea groups is 2. The molecule has 3 aliphatic rings. The maximum Gasteiger partial charge on any atom is 0.332 e. The van der Waals surface area contributed by atoms with Gasteiger partial charge in [-0.2, -0.15) is 5.26 Å². The molecule has 3 saturated heterocycles. The molecule has 13 heteroatoms. The lowest BCUT2D eigenvalue weighted by Crippen LogP contribution is -2.55. The van der Waals surface area contributed by atoms with Crippen LogP contribution in [0.1, 0.15) is 23.5 Å². The quantitative estimate of drug-likeness (QED) is 0.538. The zero-order valence-electron chi connectivity index (χ0n) is 20.6. The molecule has 2 N–H and O–H groups in total. The Balaban J connectivity index is 1.58. The van der Waals surface area contributed by atoms with Crippen molar-refractivity contribution in [2.75, 3.05) is 31.6 Å². The molecular formula is C26H23Cl2N5O6. The molecule has 0 bridgehead atoms. The van der Waals surface area contributed by atoms with Crippen LogP contribution in [0.2, 0.25) is 10.0 Å². The van der Waals surface area contributed by atoms with Gasteiger partial charge in [-0.15, -0.1) is 0 Å². The Labute approximate surface area is 233 Å². The maximum absolute atomic E-state index is 14.2. The SMILES string of the molecule is CN1C(=O)N(c2cc(Cl)cc(Cl)c2)C(=O)C12CN(C(=O)N1CC(O)CC1C(=O)O)CC2c1ccc(C#N)cc1. The summed E-state index contributed by atoms with van der Waals surface area (Å²) in [6.45, 7) is -0.408. The van der Waals surface area contributed by atoms with Crippen molar-refractivity contribution in [3.8, 4) is 6.07 Å². The molecule has 0 aromatic heterocycles. The van der Waals surface area contributed by atoms with Crippen LogP contribution in [0.15, 0.2) is 42.5 Å². The summed E-state index contributed by atoms with van der Waals surface area (Å²) in [5.74, 6) is -2.56. The molecule has 3 fully saturated rings. The number of carbonyl (C=O) groups excluding carboxylic acids is 3. The number of likely N-dealkylation sites (N-methyl/N-ethyl adjacent to an activating group) is 1. The lowest BCUT2D eigenvalue weighted by atomic mass is 9.80. The van der Waals surface area contributed by atoms with Crippen LogP contribution >= 0.6 is 23.2 Å². The minimum atomic E-state index is -1.55. The maximum atomic E-state index is 14.2. The van der Waals surface area contributed by atoms with E-state index in [1.165, 1.54) is 35.0 Å². The first-order chi connectivity index (χ1) is 18.5. The number of halogens is 2. The van der Waals surface area contributed by atoms with Crippen LogP contribution in [-0.2, 0) is 9.59 Å². The summed E-state index contributed by atoms with van der Waals surface area (Å²) in [6, 6.07) is 10.4. The van der Waals surface area contributed by atoms with Crippen LogP contribution in [0.25, 0.3) is 0 Å². The molecule has 5 rings (SSSR count). The molecule has 11 nitrogen and oxygen atoms in total. The highest BCUT2D eigenvalue weighted by Crippen LogP contribution is 2.47. The van der Waals surface area contributed by atoms with E-state index in [-0.39, 0.29) is 41.8 Å². The van der Waals surface area contributed by atoms with Crippen molar-refractivity contribution >= 4 is 52.8 Å². The molecule has 202 valence electrons. The Morgan fingerprint density at radius 2 is 1.72 bits per heavy atom. The highest BCUT2D eigenvalue weighted by molar-refractivity contribution is 6.35. The first kappa shape index (κ1) is 26.7. The van der Waals surface area contributed by atoms with Crippen LogP contribution < -0.4 is 4.90 Å². The lowest BCUT2D eigenvalue weighted by molar-refractivity contribution is -0.141. The van der Waals surface area contributed by atoms with Gasteiger partial charge in [-0.05, 0) is 35.9 Å². The van der Waals surface area contributed by atoms with Gasteiger partial charge in [0, 0.05) is 42.5 Å². The van der Waals surface area contributed by atoms with Gasteiger partial charge in [-0.3, -0.25) is 4.79 Å². The van der Waals surface area contributed by atoms with Gasteiger partial charge in [0.05, 0.1) is 30.0 Å². The standard InChI is InChI=1S/C26H23Cl2N5O6/c1-30-24(38)33(18-7-16(27)6-17(28)8-18)23(37)26(30)13-31(12-20(26)15-4-2-14(10-29)3-5-15)25(39)32-11-19(34)9-21(32)22(35)36/h2-8,19-21,34H,9,11-13H2,1H3,(H,35,36). The number of rotatable bonds is 3. The average molecular weight is 572 g/mol. The summed E-state index contributed by atoms with van der Waals surface area (Å²) < 4.78 is 0. The molecule has 5 amide bonds. The van der Waals surface area contributed by atoms with Gasteiger partial charge < -0.3 is 24.9 Å². The predicted molar refractivity (Wildman–Crippen MR) is 139 cm³/mol. The summed E-state index contributed by atoms with van der Waals surface area (Å²) in [5.41, 5.74) is -0.374. The Bertz CT molecular complexity index is 1410. The molecule has 3 heterocycles. The van der Waals surface area contributed by atoms with Gasteiger partial charge in [-0.25, -0.2) is 19.3 Å². The minimum absolute atomic E-state index is 0.0167. The topological polar surface area (TPSA) is 145 Å². The van der Waals surface area contributed by atoms with Crippen molar-refractivity contribution in [2.45, 2.75) is 30.0 Å². The number of carboxylic acids is 1. The number of β-amino-alcohol motifs (C(OH)–C–C–N with tert-alkyl or cyclic N) is 1. The first-order valence-electron chi connectivity index (χ1n) is 12.0. The summed E-state index contributed by atoms with van der Waals surface area (Å²) >= 11 is 12.3. The zero-order valence-corrected chi connectivity index (χ0v) is 22.1. The number of imide groups is 1. The Kier molecular flexibility index (Phi) is 6.66. The number of aliphatic carboxylic acids is 1. The average Bonchev–Trinajstić information content (AvgIpc) is 3.54. The fraction of sp³-hybridized carbons (Fsp3) is 0.346. The second kappa shape index (κ2) is 9.72. The summed E-state index contributed by atoms with van der Waals surface area (Å²) in [5, 5.41) is 29.4. The van der Waals surface area contributed by atoms with Gasteiger partial charge in [0.25, 0.3) is 5.91 Å². The summed E-state index contributed by atoms with van der Waals surface area (Å²) in [6.07, 6.45) is -1.11. The smallest absolute Gasteiger partial charge is 0.332 e. The van der Waals surface area contributed by atoms with Crippen LogP contribution in [0.5, 0.6) is 0 Å². The number of anilines is 1. The number of aliphatic hydroxyl groups excluding tert-OH is 1. The number of nitriles is 1. The summed E-state index contributed by atoms with van der Waals surface area (Å²) in [7, 11) is 1.47. The third kappa shape index (κ3) is 4.25. The van der Waals surface area contributed by atoms with Crippen LogP contribution in [0, 0.1) is 11.3 Å². The van der Waals surface area contributed by atoms with E-state index < -0.39 is 47.5 Å². The molecule has 0 radical (unpaired) electrons. The van der Waals surface area contributed by atoms with Crippen molar-refractivity contribution in [2.24, 2.45) is 0 Å². The van der Waals surface area contributed by atoms with Crippen molar-refractivity contribution < 1.29 is 29.4 Å². The van der Waals surface area contributed by atoms with Crippen molar-refractivity contribution in [3.05, 3.63) is 63.6 Å². The van der Waals surface area contributed by atoms with Gasteiger partial charge in [-0.1, -0.05) is 35.3 Å². The number of hydrogen-bond donors (Lipinski definition) is 2. The molecule has 4 unspecified atom stereocenters. The molecule has 0 aliphatic carbocycles. The molecule has 2 aromatic rings. The number of nitrogens with zero attached hydrogens (tertiary/aromatic N) is 5. The minimum Gasteiger partial charge on any atom is -0.480 e. The molecular weight excluding hydrogens is 549 g/mol. The van der Waals surface area contributed by atoms with Crippen LogP contribution in [0.3, 0.4) is 0 Å². The van der Waals surface area contributed by atoms with Gasteiger partial charge in [0.1, 0.15) is 11.6 Å². The number of carbonyl (C=O) groups is 4. The van der Waals surface area contributed by atoms with E-state index in [1.54, 1.807) is 24.3 Å². The number of amides is 5. The van der Waals surface area contributed by atoms with Crippen molar-refractivity contribution in [1.82, 2.24) is 14.7 Å². The highest BCUT2D eigenvalue weighted by atomic mass is 35.5. The predicted octanol–water partition coefficient (Wildman–Crippen LogP) is 2.74. The van der Waals surface area contributed by atoms with Crippen molar-refractivity contribution in [3.63, 3.8) is 0 Å². The number of aliphatic hydroxyl groups is 1. The highest BCUT2D eigenvalue weighted by Gasteiger charge is 2.65. The lowest BCUT2D eigenvalue weighted by Gasteiger charge is -2.33. The van der Waals surface area contributed by atoms with Gasteiger partial charge in [0.2, 0.25) is 0 Å². The number of hydrogen-bond acceptors (Lipinski definition) is 6. The van der Waals surface area contributed by atoms with E-state index in [0.717, 1.165) is 9.80 Å². The fourth-order valence-corrected chi connectivity index (χ4v) is 6.31. The van der Waals surface area contributed by atoms with E-state index in [1.807, 2.05) is 6.07 Å². The van der Waals surface area contributed by atoms with Crippen molar-refractivity contribution in [1.29, 1.82) is 5.26 Å². The molecule has 39 heavy (non-hydrogen) atoms. The third-order valence-corrected chi connectivity index (χ3v) is 8.13. The number of benzene rings is 2. The van der Waals surface area contributed by atoms with E-state index in [2.05, 4.69) is 0 Å². The normalized spacial score (nSPS) is 26.6. The van der Waals surface area contributed by atoms with Crippen LogP contribution in [-0.4, -0.2) is 93.2 Å². The third-order valence-electron chi connectivity index (χ3n) is 7.69. The summed E-state index contributed by atoms with van der Waals surface area (Å²) in [4.78, 5) is 57.9.